The van der Waals surface area contributed by atoms with Crippen molar-refractivity contribution in [2.75, 3.05) is 38.5 Å². The Morgan fingerprint density at radius 2 is 1.72 bits per heavy atom. The molecule has 0 unspecified atom stereocenters. The molecule has 25 heavy (non-hydrogen) atoms. The Balaban J connectivity index is 1.87. The number of carbonyl (C=O) groups is 2. The molecule has 0 aliphatic carbocycles. The molecular weight excluding hydrogens is 314 g/mol. The number of carbonyl (C=O) groups excluding carboxylic acids is 2. The lowest BCUT2D eigenvalue weighted by atomic mass is 9.92. The minimum Gasteiger partial charge on any atom is -0.332 e. The number of aryl methyl sites for hydroxylation is 2. The van der Waals surface area contributed by atoms with Gasteiger partial charge in [0.15, 0.2) is 6.54 Å². The predicted octanol–water partition coefficient (Wildman–Crippen LogP) is 1.26. The van der Waals surface area contributed by atoms with E-state index in [9.17, 15) is 9.59 Å². The summed E-state index contributed by atoms with van der Waals surface area (Å²) in [6.07, 6.45) is 1.24. The Bertz CT molecular complexity index is 599. The maximum absolute atomic E-state index is 12.5. The first-order valence-corrected chi connectivity index (χ1v) is 9.19. The summed E-state index contributed by atoms with van der Waals surface area (Å²) in [4.78, 5) is 27.7. The summed E-state index contributed by atoms with van der Waals surface area (Å²) in [6.45, 7) is 11.1. The first kappa shape index (κ1) is 19.4. The van der Waals surface area contributed by atoms with Crippen LogP contribution < -0.4 is 10.2 Å². The standard InChI is InChI=1S/C20H31N3O2/c1-14-9-15(2)11-23(10-14)13-19(25)22(5)12-18(24)21-20-16(3)7-6-8-17(20)4/h6-8,14-15H,9-13H2,1-5H3,(H,21,24)/p+1/t14-,15-/m0/s1. The van der Waals surface area contributed by atoms with Crippen molar-refractivity contribution in [2.24, 2.45) is 11.8 Å². The van der Waals surface area contributed by atoms with E-state index in [4.69, 9.17) is 0 Å². The number of hydrogen-bond donors (Lipinski definition) is 2. The zero-order valence-corrected chi connectivity index (χ0v) is 16.2. The van der Waals surface area contributed by atoms with Gasteiger partial charge in [-0.05, 0) is 31.4 Å². The molecule has 1 fully saturated rings. The van der Waals surface area contributed by atoms with Crippen LogP contribution in [-0.2, 0) is 9.59 Å². The Morgan fingerprint density at radius 1 is 1.16 bits per heavy atom. The summed E-state index contributed by atoms with van der Waals surface area (Å²) < 4.78 is 0. The van der Waals surface area contributed by atoms with E-state index in [1.807, 2.05) is 32.0 Å². The maximum atomic E-state index is 12.5. The zero-order chi connectivity index (χ0) is 18.6. The third kappa shape index (κ3) is 5.56. The number of nitrogens with zero attached hydrogens (tertiary/aromatic N) is 1. The highest BCUT2D eigenvalue weighted by atomic mass is 16.2. The van der Waals surface area contributed by atoms with Gasteiger partial charge >= 0.3 is 0 Å². The molecule has 2 N–H and O–H groups in total. The van der Waals surface area contributed by atoms with Crippen molar-refractivity contribution in [2.45, 2.75) is 34.1 Å². The van der Waals surface area contributed by atoms with Crippen LogP contribution in [0, 0.1) is 25.7 Å². The predicted molar refractivity (Wildman–Crippen MR) is 101 cm³/mol. The van der Waals surface area contributed by atoms with E-state index >= 15 is 0 Å². The molecule has 0 saturated carbocycles. The Kier molecular flexibility index (Phi) is 6.59. The van der Waals surface area contributed by atoms with Crippen molar-refractivity contribution in [3.63, 3.8) is 0 Å². The first-order valence-electron chi connectivity index (χ1n) is 9.19. The minimum absolute atomic E-state index is 0.0351. The quantitative estimate of drug-likeness (QED) is 0.843. The lowest BCUT2D eigenvalue weighted by molar-refractivity contribution is -0.904. The van der Waals surface area contributed by atoms with Gasteiger partial charge in [-0.1, -0.05) is 32.0 Å². The number of para-hydroxylation sites is 1. The largest absolute Gasteiger partial charge is 0.332 e. The second-order valence-electron chi connectivity index (χ2n) is 7.85. The van der Waals surface area contributed by atoms with Crippen LogP contribution in [0.3, 0.4) is 0 Å². The lowest BCUT2D eigenvalue weighted by Gasteiger charge is -2.32. The number of benzene rings is 1. The van der Waals surface area contributed by atoms with Gasteiger partial charge in [-0.25, -0.2) is 0 Å². The molecule has 2 amide bonds. The Labute approximate surface area is 151 Å². The van der Waals surface area contributed by atoms with E-state index < -0.39 is 0 Å². The molecule has 2 rings (SSSR count). The van der Waals surface area contributed by atoms with Crippen molar-refractivity contribution < 1.29 is 14.5 Å². The molecule has 0 aromatic heterocycles. The van der Waals surface area contributed by atoms with Gasteiger partial charge in [-0.2, -0.15) is 0 Å². The van der Waals surface area contributed by atoms with Crippen LogP contribution in [0.25, 0.3) is 0 Å². The summed E-state index contributed by atoms with van der Waals surface area (Å²) in [7, 11) is 1.71. The van der Waals surface area contributed by atoms with Gasteiger partial charge < -0.3 is 15.1 Å². The molecule has 0 bridgehead atoms. The van der Waals surface area contributed by atoms with Gasteiger partial charge in [-0.15, -0.1) is 0 Å². The molecule has 5 heteroatoms. The number of hydrogen-bond acceptors (Lipinski definition) is 2. The highest BCUT2D eigenvalue weighted by Gasteiger charge is 2.28. The van der Waals surface area contributed by atoms with Crippen LogP contribution in [0.4, 0.5) is 5.69 Å². The van der Waals surface area contributed by atoms with Gasteiger partial charge in [0.2, 0.25) is 5.91 Å². The fourth-order valence-corrected chi connectivity index (χ4v) is 3.91. The zero-order valence-electron chi connectivity index (χ0n) is 16.2. The van der Waals surface area contributed by atoms with E-state index in [2.05, 4.69) is 19.2 Å². The van der Waals surface area contributed by atoms with Gasteiger partial charge in [-0.3, -0.25) is 9.59 Å². The number of nitrogens with one attached hydrogen (secondary N) is 2. The fraction of sp³-hybridized carbons (Fsp3) is 0.600. The molecule has 138 valence electrons. The third-order valence-corrected chi connectivity index (χ3v) is 5.03. The molecule has 1 aliphatic rings. The molecule has 2 atom stereocenters. The van der Waals surface area contributed by atoms with Gasteiger partial charge in [0.25, 0.3) is 5.91 Å². The van der Waals surface area contributed by atoms with Gasteiger partial charge in [0.1, 0.15) is 0 Å². The molecule has 1 heterocycles. The molecule has 1 aromatic carbocycles. The van der Waals surface area contributed by atoms with E-state index in [0.29, 0.717) is 18.4 Å². The van der Waals surface area contributed by atoms with Crippen LogP contribution in [0.15, 0.2) is 18.2 Å². The first-order chi connectivity index (χ1) is 11.8. The topological polar surface area (TPSA) is 53.9 Å². The number of quaternary nitrogens is 1. The second-order valence-corrected chi connectivity index (χ2v) is 7.85. The van der Waals surface area contributed by atoms with Gasteiger partial charge in [0.05, 0.1) is 19.6 Å². The maximum Gasteiger partial charge on any atom is 0.277 e. The molecule has 1 aromatic rings. The summed E-state index contributed by atoms with van der Waals surface area (Å²) >= 11 is 0. The number of likely N-dealkylation sites (tertiary alicyclic amines) is 1. The molecule has 1 aliphatic heterocycles. The number of anilines is 1. The van der Waals surface area contributed by atoms with Crippen LogP contribution in [0.1, 0.15) is 31.4 Å². The van der Waals surface area contributed by atoms with Crippen LogP contribution in [-0.4, -0.2) is 49.9 Å². The number of likely N-dealkylation sites (N-methyl/N-ethyl adjacent to an activating group) is 1. The van der Waals surface area contributed by atoms with Crippen LogP contribution in [0.2, 0.25) is 0 Å². The normalized spacial score (nSPS) is 23.2. The van der Waals surface area contributed by atoms with E-state index in [-0.39, 0.29) is 18.4 Å². The summed E-state index contributed by atoms with van der Waals surface area (Å²) in [6, 6.07) is 5.92. The van der Waals surface area contributed by atoms with Gasteiger partial charge in [0, 0.05) is 24.6 Å². The molecule has 1 saturated heterocycles. The van der Waals surface area contributed by atoms with Crippen molar-refractivity contribution in [3.05, 3.63) is 29.3 Å². The average Bonchev–Trinajstić information content (AvgIpc) is 2.50. The number of rotatable bonds is 5. The lowest BCUT2D eigenvalue weighted by Crippen LogP contribution is -3.15. The average molecular weight is 346 g/mol. The number of piperidine rings is 1. The van der Waals surface area contributed by atoms with Crippen molar-refractivity contribution in [1.29, 1.82) is 0 Å². The van der Waals surface area contributed by atoms with Crippen LogP contribution >= 0.6 is 0 Å². The van der Waals surface area contributed by atoms with E-state index in [1.165, 1.54) is 11.3 Å². The SMILES string of the molecule is Cc1cccc(C)c1NC(=O)CN(C)C(=O)C[NH+]1C[C@@H](C)C[C@H](C)C1. The Hall–Kier alpha value is -1.88. The van der Waals surface area contributed by atoms with E-state index in [1.54, 1.807) is 11.9 Å². The molecule has 0 spiro atoms. The molecule has 0 radical (unpaired) electrons. The second kappa shape index (κ2) is 8.48. The van der Waals surface area contributed by atoms with Crippen molar-refractivity contribution in [1.82, 2.24) is 4.90 Å². The number of amides is 2. The highest BCUT2D eigenvalue weighted by molar-refractivity contribution is 5.95. The fourth-order valence-electron chi connectivity index (χ4n) is 3.91. The summed E-state index contributed by atoms with van der Waals surface area (Å²) in [5.74, 6) is 1.20. The smallest absolute Gasteiger partial charge is 0.277 e. The van der Waals surface area contributed by atoms with Crippen LogP contribution in [0.5, 0.6) is 0 Å². The summed E-state index contributed by atoms with van der Waals surface area (Å²) in [5.41, 5.74) is 2.91. The van der Waals surface area contributed by atoms with Crippen molar-refractivity contribution in [3.8, 4) is 0 Å². The third-order valence-electron chi connectivity index (χ3n) is 5.03. The van der Waals surface area contributed by atoms with E-state index in [0.717, 1.165) is 29.9 Å². The molecular formula is C20H32N3O2+. The molecule has 5 nitrogen and oxygen atoms in total. The highest BCUT2D eigenvalue weighted by Crippen LogP contribution is 2.19. The Morgan fingerprint density at radius 3 is 2.28 bits per heavy atom. The minimum atomic E-state index is -0.149. The summed E-state index contributed by atoms with van der Waals surface area (Å²) in [5, 5.41) is 2.94. The monoisotopic (exact) mass is 346 g/mol. The van der Waals surface area contributed by atoms with Crippen molar-refractivity contribution >= 4 is 17.5 Å².